The van der Waals surface area contributed by atoms with Gasteiger partial charge >= 0.3 is 0 Å². The maximum absolute atomic E-state index is 10.0. The number of hydrogen-bond donors (Lipinski definition) is 2. The van der Waals surface area contributed by atoms with Crippen molar-refractivity contribution in [3.8, 4) is 5.75 Å². The lowest BCUT2D eigenvalue weighted by atomic mass is 10.1. The lowest BCUT2D eigenvalue weighted by molar-refractivity contribution is 0.170. The van der Waals surface area contributed by atoms with Crippen LogP contribution in [0.2, 0.25) is 0 Å². The first-order valence-electron chi connectivity index (χ1n) is 6.35. The average Bonchev–Trinajstić information content (AvgIpc) is 2.89. The number of methoxy groups -OCH3 is 1. The minimum Gasteiger partial charge on any atom is -0.497 e. The first-order chi connectivity index (χ1) is 8.29. The van der Waals surface area contributed by atoms with Gasteiger partial charge in [0.25, 0.3) is 0 Å². The van der Waals surface area contributed by atoms with Gasteiger partial charge in [0, 0.05) is 12.6 Å². The van der Waals surface area contributed by atoms with E-state index in [9.17, 15) is 5.11 Å². The smallest absolute Gasteiger partial charge is 0.118 e. The van der Waals surface area contributed by atoms with Crippen molar-refractivity contribution in [2.45, 2.75) is 37.8 Å². The summed E-state index contributed by atoms with van der Waals surface area (Å²) in [6.45, 7) is 0.636. The molecule has 3 nitrogen and oxygen atoms in total. The number of rotatable bonds is 5. The van der Waals surface area contributed by atoms with Gasteiger partial charge in [-0.15, -0.1) is 0 Å². The van der Waals surface area contributed by atoms with Crippen LogP contribution in [0.1, 0.15) is 37.4 Å². The van der Waals surface area contributed by atoms with Crippen LogP contribution >= 0.6 is 0 Å². The third-order valence-corrected chi connectivity index (χ3v) is 3.46. The third kappa shape index (κ3) is 3.45. The average molecular weight is 235 g/mol. The van der Waals surface area contributed by atoms with Crippen molar-refractivity contribution in [1.82, 2.24) is 5.32 Å². The molecule has 1 aliphatic rings. The molecule has 0 aromatic heterocycles. The first-order valence-corrected chi connectivity index (χ1v) is 6.35. The minimum atomic E-state index is -0.429. The van der Waals surface area contributed by atoms with E-state index < -0.39 is 6.10 Å². The van der Waals surface area contributed by atoms with E-state index in [2.05, 4.69) is 5.32 Å². The highest BCUT2D eigenvalue weighted by molar-refractivity contribution is 5.28. The molecule has 1 unspecified atom stereocenters. The Hall–Kier alpha value is -1.06. The molecule has 1 fully saturated rings. The van der Waals surface area contributed by atoms with Crippen LogP contribution in [0, 0.1) is 0 Å². The van der Waals surface area contributed by atoms with E-state index in [1.54, 1.807) is 7.11 Å². The molecule has 2 rings (SSSR count). The van der Waals surface area contributed by atoms with Crippen LogP contribution < -0.4 is 10.1 Å². The second-order valence-electron chi connectivity index (χ2n) is 4.68. The molecule has 1 saturated carbocycles. The maximum atomic E-state index is 10.0. The maximum Gasteiger partial charge on any atom is 0.118 e. The molecule has 0 spiro atoms. The predicted molar refractivity (Wildman–Crippen MR) is 68.2 cm³/mol. The summed E-state index contributed by atoms with van der Waals surface area (Å²) in [5.41, 5.74) is 0.941. The van der Waals surface area contributed by atoms with Gasteiger partial charge in [0.05, 0.1) is 13.2 Å². The SMILES string of the molecule is COc1ccc(C(O)CNC2CCCC2)cc1. The molecule has 1 aliphatic carbocycles. The largest absolute Gasteiger partial charge is 0.497 e. The number of ether oxygens (including phenoxy) is 1. The van der Waals surface area contributed by atoms with Crippen LogP contribution in [0.3, 0.4) is 0 Å². The summed E-state index contributed by atoms with van der Waals surface area (Å²) in [4.78, 5) is 0. The van der Waals surface area contributed by atoms with Crippen LogP contribution in [0.4, 0.5) is 0 Å². The summed E-state index contributed by atoms with van der Waals surface area (Å²) in [5, 5.41) is 13.5. The monoisotopic (exact) mass is 235 g/mol. The second kappa shape index (κ2) is 6.03. The molecule has 1 aromatic rings. The van der Waals surface area contributed by atoms with Crippen molar-refractivity contribution in [3.63, 3.8) is 0 Å². The molecule has 0 bridgehead atoms. The molecule has 0 aliphatic heterocycles. The minimum absolute atomic E-state index is 0.429. The Morgan fingerprint density at radius 1 is 1.29 bits per heavy atom. The number of aliphatic hydroxyl groups excluding tert-OH is 1. The highest BCUT2D eigenvalue weighted by Crippen LogP contribution is 2.20. The predicted octanol–water partition coefficient (Wildman–Crippen LogP) is 2.26. The highest BCUT2D eigenvalue weighted by atomic mass is 16.5. The zero-order valence-electron chi connectivity index (χ0n) is 10.4. The molecule has 1 aromatic carbocycles. The van der Waals surface area contributed by atoms with Crippen molar-refractivity contribution in [2.75, 3.05) is 13.7 Å². The number of nitrogens with one attached hydrogen (secondary N) is 1. The molecule has 17 heavy (non-hydrogen) atoms. The number of benzene rings is 1. The van der Waals surface area contributed by atoms with Gasteiger partial charge in [-0.25, -0.2) is 0 Å². The Kier molecular flexibility index (Phi) is 4.40. The molecule has 0 heterocycles. The fraction of sp³-hybridized carbons (Fsp3) is 0.571. The summed E-state index contributed by atoms with van der Waals surface area (Å²) in [7, 11) is 1.65. The quantitative estimate of drug-likeness (QED) is 0.822. The molecule has 0 amide bonds. The van der Waals surface area contributed by atoms with E-state index in [-0.39, 0.29) is 0 Å². The molecule has 0 radical (unpaired) electrons. The summed E-state index contributed by atoms with van der Waals surface area (Å²) >= 11 is 0. The fourth-order valence-electron chi connectivity index (χ4n) is 2.35. The van der Waals surface area contributed by atoms with Crippen molar-refractivity contribution in [2.24, 2.45) is 0 Å². The van der Waals surface area contributed by atoms with Gasteiger partial charge in [-0.3, -0.25) is 0 Å². The van der Waals surface area contributed by atoms with E-state index in [1.807, 2.05) is 24.3 Å². The summed E-state index contributed by atoms with van der Waals surface area (Å²) in [6, 6.07) is 8.20. The molecular weight excluding hydrogens is 214 g/mol. The Labute approximate surface area is 103 Å². The Morgan fingerprint density at radius 3 is 2.53 bits per heavy atom. The van der Waals surface area contributed by atoms with Gasteiger partial charge in [0.1, 0.15) is 5.75 Å². The van der Waals surface area contributed by atoms with Gasteiger partial charge in [0.15, 0.2) is 0 Å². The van der Waals surface area contributed by atoms with Crippen LogP contribution in [-0.4, -0.2) is 24.8 Å². The molecule has 0 saturated heterocycles. The standard InChI is InChI=1S/C14H21NO2/c1-17-13-8-6-11(7-9-13)14(16)10-15-12-4-2-3-5-12/h6-9,12,14-16H,2-5,10H2,1H3. The van der Waals surface area contributed by atoms with E-state index in [1.165, 1.54) is 25.7 Å². The van der Waals surface area contributed by atoms with Gasteiger partial charge in [-0.1, -0.05) is 25.0 Å². The van der Waals surface area contributed by atoms with Crippen molar-refractivity contribution in [1.29, 1.82) is 0 Å². The van der Waals surface area contributed by atoms with Crippen molar-refractivity contribution < 1.29 is 9.84 Å². The molecule has 94 valence electrons. The van der Waals surface area contributed by atoms with Gasteiger partial charge in [-0.05, 0) is 30.5 Å². The second-order valence-corrected chi connectivity index (χ2v) is 4.68. The van der Waals surface area contributed by atoms with E-state index in [0.717, 1.165) is 11.3 Å². The van der Waals surface area contributed by atoms with E-state index in [0.29, 0.717) is 12.6 Å². The fourth-order valence-corrected chi connectivity index (χ4v) is 2.35. The molecule has 2 N–H and O–H groups in total. The zero-order valence-corrected chi connectivity index (χ0v) is 10.4. The van der Waals surface area contributed by atoms with Crippen molar-refractivity contribution in [3.05, 3.63) is 29.8 Å². The Balaban J connectivity index is 1.83. The molecule has 1 atom stereocenters. The van der Waals surface area contributed by atoms with Crippen LogP contribution in [-0.2, 0) is 0 Å². The lowest BCUT2D eigenvalue weighted by Gasteiger charge is -2.16. The highest BCUT2D eigenvalue weighted by Gasteiger charge is 2.16. The molecule has 3 heteroatoms. The lowest BCUT2D eigenvalue weighted by Crippen LogP contribution is -2.30. The van der Waals surface area contributed by atoms with Gasteiger partial charge in [-0.2, -0.15) is 0 Å². The summed E-state index contributed by atoms with van der Waals surface area (Å²) in [6.07, 6.45) is 4.69. The zero-order chi connectivity index (χ0) is 12.1. The van der Waals surface area contributed by atoms with Crippen LogP contribution in [0.5, 0.6) is 5.75 Å². The van der Waals surface area contributed by atoms with E-state index in [4.69, 9.17) is 4.74 Å². The normalized spacial score (nSPS) is 18.2. The van der Waals surface area contributed by atoms with Crippen LogP contribution in [0.25, 0.3) is 0 Å². The first kappa shape index (κ1) is 12.4. The third-order valence-electron chi connectivity index (χ3n) is 3.46. The Morgan fingerprint density at radius 2 is 1.94 bits per heavy atom. The topological polar surface area (TPSA) is 41.5 Å². The molecular formula is C14H21NO2. The van der Waals surface area contributed by atoms with Gasteiger partial charge < -0.3 is 15.2 Å². The summed E-state index contributed by atoms with van der Waals surface area (Å²) < 4.78 is 5.09. The number of aliphatic hydroxyl groups is 1. The van der Waals surface area contributed by atoms with Crippen LogP contribution in [0.15, 0.2) is 24.3 Å². The van der Waals surface area contributed by atoms with Crippen molar-refractivity contribution >= 4 is 0 Å². The van der Waals surface area contributed by atoms with E-state index >= 15 is 0 Å². The number of hydrogen-bond acceptors (Lipinski definition) is 3. The summed E-state index contributed by atoms with van der Waals surface area (Å²) in [5.74, 6) is 0.824. The Bertz CT molecular complexity index is 331. The van der Waals surface area contributed by atoms with Gasteiger partial charge in [0.2, 0.25) is 0 Å².